The van der Waals surface area contributed by atoms with Crippen molar-refractivity contribution in [3.63, 3.8) is 0 Å². The number of phenols is 1. The summed E-state index contributed by atoms with van der Waals surface area (Å²) in [5, 5.41) is 17.7. The van der Waals surface area contributed by atoms with Crippen LogP contribution in [-0.4, -0.2) is 22.6 Å². The number of benzene rings is 3. The largest absolute Gasteiger partial charge is 0.507 e. The summed E-state index contributed by atoms with van der Waals surface area (Å²) in [7, 11) is 0. The lowest BCUT2D eigenvalue weighted by Gasteiger charge is -2.18. The van der Waals surface area contributed by atoms with E-state index in [0.29, 0.717) is 35.9 Å². The number of hydrogen-bond donors (Lipinski definition) is 4. The first kappa shape index (κ1) is 27.7. The maximum atomic E-state index is 11.8. The Kier molecular flexibility index (Phi) is 10.1. The van der Waals surface area contributed by atoms with Crippen molar-refractivity contribution < 1.29 is 14.6 Å². The summed E-state index contributed by atoms with van der Waals surface area (Å²) >= 11 is 0. The topological polar surface area (TPSA) is 123 Å². The summed E-state index contributed by atoms with van der Waals surface area (Å²) in [6.07, 6.45) is 5.35. The first-order valence-electron chi connectivity index (χ1n) is 12.8. The van der Waals surface area contributed by atoms with Gasteiger partial charge in [-0.3, -0.25) is 4.79 Å². The monoisotopic (exact) mass is 502 g/mol. The van der Waals surface area contributed by atoms with Gasteiger partial charge in [-0.25, -0.2) is 0 Å². The molecule has 7 heteroatoms. The Morgan fingerprint density at radius 3 is 2.35 bits per heavy atom. The van der Waals surface area contributed by atoms with Crippen molar-refractivity contribution in [2.75, 3.05) is 5.32 Å². The number of rotatable bonds is 9. The number of ether oxygens (including phenoxy) is 1. The molecule has 0 bridgehead atoms. The van der Waals surface area contributed by atoms with Crippen molar-refractivity contribution in [1.29, 1.82) is 0 Å². The van der Waals surface area contributed by atoms with Crippen molar-refractivity contribution in [1.82, 2.24) is 0 Å². The SMILES string of the molecule is CCCc1c(OCc2cccc(Nc3cccc(/C(C)=N/N)c3)c2)ccc(C(C)=O)c1O.NC1CCC1. The number of nitrogens with two attached hydrogens (primary N) is 2. The highest BCUT2D eigenvalue weighted by molar-refractivity contribution is 5.99. The van der Waals surface area contributed by atoms with E-state index in [1.807, 2.05) is 62.4 Å². The molecule has 3 aromatic carbocycles. The van der Waals surface area contributed by atoms with E-state index in [1.54, 1.807) is 12.1 Å². The number of hydrogen-bond acceptors (Lipinski definition) is 7. The molecule has 1 aliphatic rings. The molecule has 0 aliphatic heterocycles. The highest BCUT2D eigenvalue weighted by Gasteiger charge is 2.16. The second-order valence-electron chi connectivity index (χ2n) is 9.34. The summed E-state index contributed by atoms with van der Waals surface area (Å²) in [5.74, 6) is 5.84. The minimum atomic E-state index is -0.165. The lowest BCUT2D eigenvalue weighted by atomic mass is 9.95. The van der Waals surface area contributed by atoms with E-state index in [0.717, 1.165) is 34.6 Å². The van der Waals surface area contributed by atoms with Gasteiger partial charge in [0, 0.05) is 23.0 Å². The smallest absolute Gasteiger partial charge is 0.163 e. The van der Waals surface area contributed by atoms with Crippen LogP contribution in [0.4, 0.5) is 11.4 Å². The van der Waals surface area contributed by atoms with Crippen LogP contribution in [0, 0.1) is 0 Å². The fourth-order valence-electron chi connectivity index (χ4n) is 3.93. The quantitative estimate of drug-likeness (QED) is 0.122. The molecule has 1 fully saturated rings. The number of nitrogens with one attached hydrogen (secondary N) is 1. The molecule has 0 heterocycles. The van der Waals surface area contributed by atoms with E-state index in [1.165, 1.54) is 26.2 Å². The molecule has 0 radical (unpaired) electrons. The van der Waals surface area contributed by atoms with E-state index < -0.39 is 0 Å². The van der Waals surface area contributed by atoms with E-state index in [2.05, 4.69) is 10.4 Å². The van der Waals surface area contributed by atoms with Crippen LogP contribution in [0.1, 0.15) is 73.5 Å². The second kappa shape index (κ2) is 13.5. The Morgan fingerprint density at radius 1 is 1.08 bits per heavy atom. The molecule has 7 nitrogen and oxygen atoms in total. The molecule has 1 saturated carbocycles. The third kappa shape index (κ3) is 7.82. The molecule has 196 valence electrons. The Morgan fingerprint density at radius 2 is 1.76 bits per heavy atom. The molecule has 0 spiro atoms. The molecule has 0 unspecified atom stereocenters. The molecular weight excluding hydrogens is 464 g/mol. The van der Waals surface area contributed by atoms with Gasteiger partial charge in [0.2, 0.25) is 0 Å². The zero-order valence-corrected chi connectivity index (χ0v) is 22.0. The average molecular weight is 503 g/mol. The van der Waals surface area contributed by atoms with Crippen LogP contribution in [0.5, 0.6) is 11.5 Å². The summed E-state index contributed by atoms with van der Waals surface area (Å²) in [6, 6.07) is 19.8. The van der Waals surface area contributed by atoms with Crippen LogP contribution in [0.2, 0.25) is 0 Å². The number of carbonyl (C=O) groups excluding carboxylic acids is 1. The van der Waals surface area contributed by atoms with Crippen molar-refractivity contribution in [2.45, 2.75) is 65.5 Å². The minimum Gasteiger partial charge on any atom is -0.507 e. The first-order chi connectivity index (χ1) is 17.8. The van der Waals surface area contributed by atoms with E-state index >= 15 is 0 Å². The van der Waals surface area contributed by atoms with E-state index in [-0.39, 0.29) is 11.5 Å². The van der Waals surface area contributed by atoms with Gasteiger partial charge in [0.05, 0.1) is 11.3 Å². The number of ketones is 1. The fourth-order valence-corrected chi connectivity index (χ4v) is 3.93. The standard InChI is InChI=1S/C26H29N3O3.C4H9N/c1-4-7-24-25(13-12-23(18(3)30)26(24)31)32-16-19-8-5-10-21(14-19)28-22-11-6-9-20(15-22)17(2)29-27;5-4-2-1-3-4/h5-6,8-15,28,31H,4,7,16,27H2,1-3H3;4H,1-3,5H2/b29-17+;. The maximum absolute atomic E-state index is 11.8. The Hall–Kier alpha value is -3.84. The van der Waals surface area contributed by atoms with E-state index in [4.69, 9.17) is 16.3 Å². The van der Waals surface area contributed by atoms with Gasteiger partial charge in [-0.2, -0.15) is 5.10 Å². The van der Waals surface area contributed by atoms with Crippen molar-refractivity contribution in [3.05, 3.63) is 82.9 Å². The molecule has 4 rings (SSSR count). The molecule has 3 aromatic rings. The Labute approximate surface area is 219 Å². The third-order valence-corrected chi connectivity index (χ3v) is 6.35. The fraction of sp³-hybridized carbons (Fsp3) is 0.333. The third-order valence-electron chi connectivity index (χ3n) is 6.35. The number of phenolic OH excluding ortho intramolecular Hbond substituents is 1. The van der Waals surface area contributed by atoms with Crippen molar-refractivity contribution in [3.8, 4) is 11.5 Å². The number of carbonyl (C=O) groups is 1. The van der Waals surface area contributed by atoms with Crippen LogP contribution in [0.15, 0.2) is 65.8 Å². The predicted octanol–water partition coefficient (Wildman–Crippen LogP) is 6.05. The summed E-state index contributed by atoms with van der Waals surface area (Å²) in [4.78, 5) is 11.8. The van der Waals surface area contributed by atoms with Crippen LogP contribution < -0.4 is 21.6 Å². The van der Waals surface area contributed by atoms with Gasteiger partial charge in [0.1, 0.15) is 18.1 Å². The zero-order valence-electron chi connectivity index (χ0n) is 22.0. The zero-order chi connectivity index (χ0) is 26.8. The highest BCUT2D eigenvalue weighted by atomic mass is 16.5. The van der Waals surface area contributed by atoms with Crippen LogP contribution in [-0.2, 0) is 13.0 Å². The Bertz CT molecular complexity index is 1240. The summed E-state index contributed by atoms with van der Waals surface area (Å²) in [6.45, 7) is 5.67. The highest BCUT2D eigenvalue weighted by Crippen LogP contribution is 2.33. The van der Waals surface area contributed by atoms with Gasteiger partial charge >= 0.3 is 0 Å². The van der Waals surface area contributed by atoms with Gasteiger partial charge in [0.25, 0.3) is 0 Å². The summed E-state index contributed by atoms with van der Waals surface area (Å²) < 4.78 is 6.03. The Balaban J connectivity index is 0.000000678. The molecule has 0 amide bonds. The predicted molar refractivity (Wildman–Crippen MR) is 151 cm³/mol. The second-order valence-corrected chi connectivity index (χ2v) is 9.34. The number of nitrogens with zero attached hydrogens (tertiary/aromatic N) is 1. The van der Waals surface area contributed by atoms with Crippen LogP contribution in [0.25, 0.3) is 0 Å². The van der Waals surface area contributed by atoms with Gasteiger partial charge in [0.15, 0.2) is 5.78 Å². The molecule has 37 heavy (non-hydrogen) atoms. The van der Waals surface area contributed by atoms with Gasteiger partial charge in [-0.15, -0.1) is 0 Å². The molecular formula is C30H38N4O3. The molecule has 6 N–H and O–H groups in total. The normalized spacial score (nSPS) is 13.2. The van der Waals surface area contributed by atoms with Crippen LogP contribution in [0.3, 0.4) is 0 Å². The number of Topliss-reactive ketones (excluding diaryl/α,β-unsaturated/α-hetero) is 1. The van der Waals surface area contributed by atoms with Crippen molar-refractivity contribution in [2.24, 2.45) is 16.7 Å². The van der Waals surface area contributed by atoms with Crippen molar-refractivity contribution >= 4 is 22.9 Å². The summed E-state index contributed by atoms with van der Waals surface area (Å²) in [5.41, 5.74) is 10.9. The molecule has 0 aromatic heterocycles. The lowest BCUT2D eigenvalue weighted by molar-refractivity contribution is 0.101. The molecule has 0 saturated heterocycles. The lowest BCUT2D eigenvalue weighted by Crippen LogP contribution is -2.27. The number of hydrazone groups is 1. The molecule has 0 atom stereocenters. The van der Waals surface area contributed by atoms with E-state index in [9.17, 15) is 9.90 Å². The van der Waals surface area contributed by atoms with Gasteiger partial charge in [-0.05, 0) is 80.6 Å². The first-order valence-corrected chi connectivity index (χ1v) is 12.8. The minimum absolute atomic E-state index is 0.0171. The number of anilines is 2. The van der Waals surface area contributed by atoms with Gasteiger partial charge in [-0.1, -0.05) is 44.0 Å². The van der Waals surface area contributed by atoms with Gasteiger partial charge < -0.3 is 26.7 Å². The van der Waals surface area contributed by atoms with Crippen LogP contribution >= 0.6 is 0 Å². The number of aromatic hydroxyl groups is 1. The molecule has 1 aliphatic carbocycles. The average Bonchev–Trinajstić information content (AvgIpc) is 2.88. The maximum Gasteiger partial charge on any atom is 0.163 e.